The highest BCUT2D eigenvalue weighted by Crippen LogP contribution is 2.36. The minimum absolute atomic E-state index is 0.211. The molecule has 0 aliphatic rings. The van der Waals surface area contributed by atoms with Gasteiger partial charge in [0.05, 0.1) is 22.5 Å². The Balaban J connectivity index is 1.87. The maximum atomic E-state index is 13.3. The van der Waals surface area contributed by atoms with Crippen molar-refractivity contribution in [3.05, 3.63) is 53.3 Å². The summed E-state index contributed by atoms with van der Waals surface area (Å²) in [4.78, 5) is 8.80. The van der Waals surface area contributed by atoms with Gasteiger partial charge in [-0.1, -0.05) is 6.07 Å². The fourth-order valence-electron chi connectivity index (χ4n) is 3.27. The summed E-state index contributed by atoms with van der Waals surface area (Å²) in [5.74, 6) is 1.81. The summed E-state index contributed by atoms with van der Waals surface area (Å²) in [5, 5.41) is 4.46. The van der Waals surface area contributed by atoms with Gasteiger partial charge in [-0.25, -0.2) is 23.4 Å². The lowest BCUT2D eigenvalue weighted by atomic mass is 10.2. The van der Waals surface area contributed by atoms with Crippen LogP contribution in [-0.2, 0) is 4.74 Å². The van der Waals surface area contributed by atoms with Gasteiger partial charge in [-0.2, -0.15) is 0 Å². The van der Waals surface area contributed by atoms with E-state index in [2.05, 4.69) is 10.1 Å². The molecule has 0 amide bonds. The van der Waals surface area contributed by atoms with Crippen LogP contribution in [0.15, 0.2) is 42.5 Å². The Kier molecular flexibility index (Phi) is 6.24. The molecule has 1 unspecified atom stereocenters. The van der Waals surface area contributed by atoms with Crippen molar-refractivity contribution in [1.82, 2.24) is 19.7 Å². The van der Waals surface area contributed by atoms with Crippen LogP contribution in [0.4, 0.5) is 8.78 Å². The normalized spacial score (nSPS) is 12.6. The van der Waals surface area contributed by atoms with Gasteiger partial charge in [0.1, 0.15) is 11.9 Å². The van der Waals surface area contributed by atoms with Gasteiger partial charge in [-0.05, 0) is 57.2 Å². The lowest BCUT2D eigenvalue weighted by Gasteiger charge is -2.08. The fourth-order valence-corrected chi connectivity index (χ4v) is 4.19. The first-order valence-corrected chi connectivity index (χ1v) is 10.8. The van der Waals surface area contributed by atoms with Gasteiger partial charge in [-0.15, -0.1) is 16.4 Å². The van der Waals surface area contributed by atoms with Crippen molar-refractivity contribution in [2.45, 2.75) is 33.3 Å². The second-order valence-electron chi connectivity index (χ2n) is 6.74. The number of aromatic nitrogens is 4. The maximum absolute atomic E-state index is 13.3. The lowest BCUT2D eigenvalue weighted by molar-refractivity contribution is 0.0701. The lowest BCUT2D eigenvalue weighted by Crippen LogP contribution is -2.03. The van der Waals surface area contributed by atoms with Crippen molar-refractivity contribution < 1.29 is 18.3 Å². The Bertz CT molecular complexity index is 1170. The van der Waals surface area contributed by atoms with E-state index in [1.807, 2.05) is 51.1 Å². The van der Waals surface area contributed by atoms with Crippen LogP contribution < -0.4 is 4.74 Å². The quantitative estimate of drug-likeness (QED) is 0.335. The third-order valence-corrected chi connectivity index (χ3v) is 5.77. The molecule has 0 aliphatic carbocycles. The molecule has 0 aliphatic heterocycles. The maximum Gasteiger partial charge on any atom is 0.289 e. The number of fused-ring (bicyclic) bond motifs is 1. The van der Waals surface area contributed by atoms with Crippen molar-refractivity contribution in [1.29, 1.82) is 0 Å². The molecule has 31 heavy (non-hydrogen) atoms. The highest BCUT2D eigenvalue weighted by Gasteiger charge is 2.22. The number of halogens is 2. The average molecular weight is 445 g/mol. The number of nitrogens with zero attached hydrogens (tertiary/aromatic N) is 4. The van der Waals surface area contributed by atoms with Gasteiger partial charge < -0.3 is 9.47 Å². The monoisotopic (exact) mass is 444 g/mol. The Morgan fingerprint density at radius 1 is 1.03 bits per heavy atom. The number of hydrogen-bond donors (Lipinski definition) is 0. The van der Waals surface area contributed by atoms with Crippen LogP contribution >= 0.6 is 11.3 Å². The molecule has 2 aromatic heterocycles. The second-order valence-corrected chi connectivity index (χ2v) is 7.77. The summed E-state index contributed by atoms with van der Waals surface area (Å²) in [7, 11) is 0. The van der Waals surface area contributed by atoms with E-state index in [0.29, 0.717) is 40.6 Å². The molecule has 4 aromatic rings. The van der Waals surface area contributed by atoms with Crippen LogP contribution in [0.2, 0.25) is 0 Å². The summed E-state index contributed by atoms with van der Waals surface area (Å²) in [5.41, 5.74) is 1.98. The highest BCUT2D eigenvalue weighted by molar-refractivity contribution is 7.19. The highest BCUT2D eigenvalue weighted by atomic mass is 32.1. The summed E-state index contributed by atoms with van der Waals surface area (Å²) < 4.78 is 40.1. The molecule has 9 heteroatoms. The topological polar surface area (TPSA) is 62.1 Å². The van der Waals surface area contributed by atoms with E-state index in [1.54, 1.807) is 16.8 Å². The van der Waals surface area contributed by atoms with E-state index in [9.17, 15) is 8.78 Å². The van der Waals surface area contributed by atoms with E-state index in [4.69, 9.17) is 14.5 Å². The molecule has 4 rings (SSSR count). The third kappa shape index (κ3) is 4.28. The predicted octanol–water partition coefficient (Wildman–Crippen LogP) is 5.98. The molecule has 2 aromatic carbocycles. The summed E-state index contributed by atoms with van der Waals surface area (Å²) >= 11 is 0.974. The van der Waals surface area contributed by atoms with Gasteiger partial charge in [0, 0.05) is 12.2 Å². The van der Waals surface area contributed by atoms with E-state index in [1.165, 1.54) is 0 Å². The summed E-state index contributed by atoms with van der Waals surface area (Å²) in [6, 6.07) is 12.8. The van der Waals surface area contributed by atoms with Crippen molar-refractivity contribution in [3.63, 3.8) is 0 Å². The van der Waals surface area contributed by atoms with Crippen molar-refractivity contribution in [2.75, 3.05) is 13.2 Å². The van der Waals surface area contributed by atoms with Gasteiger partial charge in [-0.3, -0.25) is 0 Å². The molecule has 0 radical (unpaired) electrons. The number of hydrogen-bond acceptors (Lipinski definition) is 6. The number of alkyl halides is 2. The van der Waals surface area contributed by atoms with Crippen LogP contribution in [0.1, 0.15) is 44.1 Å². The third-order valence-electron chi connectivity index (χ3n) is 4.66. The molecule has 1 atom stereocenters. The van der Waals surface area contributed by atoms with Crippen molar-refractivity contribution in [2.24, 2.45) is 0 Å². The first kappa shape index (κ1) is 21.3. The van der Waals surface area contributed by atoms with Gasteiger partial charge >= 0.3 is 0 Å². The van der Waals surface area contributed by atoms with Crippen molar-refractivity contribution >= 4 is 21.6 Å². The van der Waals surface area contributed by atoms with Crippen LogP contribution in [0.5, 0.6) is 5.75 Å². The first-order valence-electron chi connectivity index (χ1n) is 10.0. The Morgan fingerprint density at radius 3 is 2.48 bits per heavy atom. The SMILES string of the molecule is CCOc1ccc(-n2nc(C(C)OCC)nc2-c2cccc3nc(C(F)F)sc23)cc1. The predicted molar refractivity (Wildman–Crippen MR) is 116 cm³/mol. The van der Waals surface area contributed by atoms with E-state index in [0.717, 1.165) is 22.8 Å². The smallest absolute Gasteiger partial charge is 0.289 e. The first-order chi connectivity index (χ1) is 15.0. The van der Waals surface area contributed by atoms with Crippen LogP contribution in [0, 0.1) is 0 Å². The molecular weight excluding hydrogens is 422 g/mol. The standard InChI is InChI=1S/C22H22F2N4O2S/c1-4-29-13(3)20-26-21(28(27-20)14-9-11-15(12-10-14)30-5-2)16-7-6-8-17-18(16)31-22(25-17)19(23)24/h6-13,19H,4-5H2,1-3H3. The minimum atomic E-state index is -2.62. The van der Waals surface area contributed by atoms with Gasteiger partial charge in [0.2, 0.25) is 0 Å². The average Bonchev–Trinajstić information content (AvgIpc) is 3.39. The van der Waals surface area contributed by atoms with E-state index < -0.39 is 6.43 Å². The second kappa shape index (κ2) is 9.07. The van der Waals surface area contributed by atoms with Gasteiger partial charge in [0.15, 0.2) is 16.7 Å². The molecule has 0 spiro atoms. The zero-order chi connectivity index (χ0) is 22.0. The minimum Gasteiger partial charge on any atom is -0.494 e. The van der Waals surface area contributed by atoms with E-state index in [-0.39, 0.29) is 11.1 Å². The molecule has 0 saturated carbocycles. The van der Waals surface area contributed by atoms with Crippen LogP contribution in [-0.4, -0.2) is 33.0 Å². The molecule has 2 heterocycles. The zero-order valence-electron chi connectivity index (χ0n) is 17.4. The molecule has 6 nitrogen and oxygen atoms in total. The van der Waals surface area contributed by atoms with Crippen LogP contribution in [0.25, 0.3) is 27.3 Å². The molecule has 0 saturated heterocycles. The van der Waals surface area contributed by atoms with Crippen LogP contribution in [0.3, 0.4) is 0 Å². The van der Waals surface area contributed by atoms with E-state index >= 15 is 0 Å². The molecule has 162 valence electrons. The number of benzene rings is 2. The molecule has 0 bridgehead atoms. The van der Waals surface area contributed by atoms with Crippen molar-refractivity contribution in [3.8, 4) is 22.8 Å². The fraction of sp³-hybridized carbons (Fsp3) is 0.318. The Morgan fingerprint density at radius 2 is 1.81 bits per heavy atom. The molecular formula is C22H22F2N4O2S. The summed E-state index contributed by atoms with van der Waals surface area (Å²) in [6.45, 7) is 6.81. The Hall–Kier alpha value is -2.91. The molecule has 0 fully saturated rings. The largest absolute Gasteiger partial charge is 0.494 e. The van der Waals surface area contributed by atoms with Gasteiger partial charge in [0.25, 0.3) is 6.43 Å². The number of thiazole rings is 1. The molecule has 0 N–H and O–H groups in total. The number of rotatable bonds is 8. The summed E-state index contributed by atoms with van der Waals surface area (Å²) in [6.07, 6.45) is -2.94. The zero-order valence-corrected chi connectivity index (χ0v) is 18.2. The Labute approximate surface area is 182 Å². The number of ether oxygens (including phenoxy) is 2.